The fourth-order valence-electron chi connectivity index (χ4n) is 1.49. The van der Waals surface area contributed by atoms with Gasteiger partial charge in [0.05, 0.1) is 11.4 Å². The minimum absolute atomic E-state index is 0.739. The van der Waals surface area contributed by atoms with Crippen molar-refractivity contribution in [3.63, 3.8) is 0 Å². The minimum atomic E-state index is 0.739. The molecule has 2 rings (SSSR count). The lowest BCUT2D eigenvalue weighted by Gasteiger charge is -2.13. The fourth-order valence-corrected chi connectivity index (χ4v) is 2.87. The molecule has 0 spiro atoms. The summed E-state index contributed by atoms with van der Waals surface area (Å²) in [5.74, 6) is 0. The highest BCUT2D eigenvalue weighted by atomic mass is 79.9. The van der Waals surface area contributed by atoms with Crippen LogP contribution in [0.2, 0.25) is 5.02 Å². The first-order chi connectivity index (χ1) is 8.56. The molecule has 18 heavy (non-hydrogen) atoms. The van der Waals surface area contributed by atoms with Crippen molar-refractivity contribution < 1.29 is 0 Å². The van der Waals surface area contributed by atoms with Crippen molar-refractivity contribution in [2.45, 2.75) is 6.92 Å². The lowest BCUT2D eigenvalue weighted by molar-refractivity contribution is 1.35. The molecular weight excluding hydrogens is 379 g/mol. The average Bonchev–Trinajstić information content (AvgIpc) is 2.30. The Morgan fingerprint density at radius 2 is 1.61 bits per heavy atom. The fraction of sp³-hybridized carbons (Fsp3) is 0.0769. The molecule has 0 bridgehead atoms. The highest BCUT2D eigenvalue weighted by Gasteiger charge is 2.02. The van der Waals surface area contributed by atoms with Crippen LogP contribution < -0.4 is 10.9 Å². The van der Waals surface area contributed by atoms with E-state index in [1.807, 2.05) is 43.3 Å². The van der Waals surface area contributed by atoms with Gasteiger partial charge < -0.3 is 5.43 Å². The Morgan fingerprint density at radius 1 is 0.944 bits per heavy atom. The van der Waals surface area contributed by atoms with Crippen LogP contribution in [0.5, 0.6) is 0 Å². The van der Waals surface area contributed by atoms with Gasteiger partial charge in [-0.2, -0.15) is 0 Å². The van der Waals surface area contributed by atoms with E-state index in [9.17, 15) is 0 Å². The highest BCUT2D eigenvalue weighted by molar-refractivity contribution is 9.11. The van der Waals surface area contributed by atoms with Crippen molar-refractivity contribution in [3.05, 3.63) is 55.9 Å². The summed E-state index contributed by atoms with van der Waals surface area (Å²) in [5.41, 5.74) is 9.37. The summed E-state index contributed by atoms with van der Waals surface area (Å²) >= 11 is 12.8. The second-order valence-corrected chi connectivity index (χ2v) is 6.04. The molecule has 0 aliphatic carbocycles. The summed E-state index contributed by atoms with van der Waals surface area (Å²) in [6.45, 7) is 2.01. The molecule has 0 unspecified atom stereocenters. The monoisotopic (exact) mass is 388 g/mol. The van der Waals surface area contributed by atoms with Gasteiger partial charge in [-0.05, 0) is 64.8 Å². The van der Waals surface area contributed by atoms with E-state index >= 15 is 0 Å². The number of hydrazine groups is 1. The van der Waals surface area contributed by atoms with Gasteiger partial charge >= 0.3 is 0 Å². The highest BCUT2D eigenvalue weighted by Crippen LogP contribution is 2.27. The third-order valence-corrected chi connectivity index (χ3v) is 3.84. The van der Waals surface area contributed by atoms with Crippen LogP contribution in [-0.4, -0.2) is 0 Å². The van der Waals surface area contributed by atoms with E-state index in [1.54, 1.807) is 0 Å². The molecule has 2 N–H and O–H groups in total. The zero-order chi connectivity index (χ0) is 13.1. The molecule has 2 aromatic carbocycles. The van der Waals surface area contributed by atoms with Crippen LogP contribution in [0.25, 0.3) is 0 Å². The lowest BCUT2D eigenvalue weighted by Crippen LogP contribution is -2.10. The molecule has 0 heterocycles. The summed E-state index contributed by atoms with van der Waals surface area (Å²) in [6.07, 6.45) is 0. The van der Waals surface area contributed by atoms with Crippen LogP contribution in [0.3, 0.4) is 0 Å². The van der Waals surface area contributed by atoms with Gasteiger partial charge in [0, 0.05) is 14.0 Å². The van der Waals surface area contributed by atoms with E-state index in [0.717, 1.165) is 30.9 Å². The van der Waals surface area contributed by atoms with Crippen LogP contribution in [0.4, 0.5) is 11.4 Å². The SMILES string of the molecule is Cc1cc(Cl)ccc1NNc1ccc(Br)cc1Br. The molecule has 2 nitrogen and oxygen atoms in total. The second kappa shape index (κ2) is 5.95. The summed E-state index contributed by atoms with van der Waals surface area (Å²) in [4.78, 5) is 0. The van der Waals surface area contributed by atoms with Crippen LogP contribution in [-0.2, 0) is 0 Å². The van der Waals surface area contributed by atoms with Crippen LogP contribution in [0.1, 0.15) is 5.56 Å². The molecule has 0 aromatic heterocycles. The second-order valence-electron chi connectivity index (χ2n) is 3.83. The molecule has 5 heteroatoms. The van der Waals surface area contributed by atoms with Crippen molar-refractivity contribution >= 4 is 54.8 Å². The Morgan fingerprint density at radius 3 is 2.28 bits per heavy atom. The molecule has 0 saturated heterocycles. The van der Waals surface area contributed by atoms with E-state index in [0.29, 0.717) is 0 Å². The summed E-state index contributed by atoms with van der Waals surface area (Å²) in [5, 5.41) is 0.739. The topological polar surface area (TPSA) is 24.1 Å². The molecule has 2 aromatic rings. The molecule has 94 valence electrons. The maximum atomic E-state index is 5.92. The number of benzene rings is 2. The van der Waals surface area contributed by atoms with Crippen molar-refractivity contribution in [1.29, 1.82) is 0 Å². The largest absolute Gasteiger partial charge is 0.301 e. The molecule has 0 saturated carbocycles. The van der Waals surface area contributed by atoms with E-state index in [-0.39, 0.29) is 0 Å². The molecule has 0 radical (unpaired) electrons. The number of hydrogen-bond acceptors (Lipinski definition) is 2. The van der Waals surface area contributed by atoms with Crippen LogP contribution >= 0.6 is 43.5 Å². The number of anilines is 2. The third kappa shape index (κ3) is 3.40. The van der Waals surface area contributed by atoms with Crippen LogP contribution in [0.15, 0.2) is 45.3 Å². The zero-order valence-electron chi connectivity index (χ0n) is 9.60. The number of nitrogens with one attached hydrogen (secondary N) is 2. The summed E-state index contributed by atoms with van der Waals surface area (Å²) in [7, 11) is 0. The summed E-state index contributed by atoms with van der Waals surface area (Å²) < 4.78 is 2.01. The van der Waals surface area contributed by atoms with Gasteiger partial charge in [-0.3, -0.25) is 5.43 Å². The van der Waals surface area contributed by atoms with Gasteiger partial charge in [-0.25, -0.2) is 0 Å². The Balaban J connectivity index is 2.11. The Labute approximate surface area is 128 Å². The number of rotatable bonds is 3. The van der Waals surface area contributed by atoms with E-state index < -0.39 is 0 Å². The standard InChI is InChI=1S/C13H11Br2ClN2/c1-8-6-10(16)3-5-12(8)17-18-13-4-2-9(14)7-11(13)15/h2-7,17-18H,1H3. The first kappa shape index (κ1) is 13.7. The van der Waals surface area contributed by atoms with Gasteiger partial charge in [0.15, 0.2) is 0 Å². The molecule has 0 amide bonds. The van der Waals surface area contributed by atoms with Crippen molar-refractivity contribution in [3.8, 4) is 0 Å². The van der Waals surface area contributed by atoms with Crippen molar-refractivity contribution in [1.82, 2.24) is 0 Å². The quantitative estimate of drug-likeness (QED) is 0.666. The molecule has 0 aliphatic heterocycles. The van der Waals surface area contributed by atoms with Crippen LogP contribution in [0, 0.1) is 6.92 Å². The van der Waals surface area contributed by atoms with Gasteiger partial charge in [0.1, 0.15) is 0 Å². The summed E-state index contributed by atoms with van der Waals surface area (Å²) in [6, 6.07) is 11.7. The molecule has 0 atom stereocenters. The predicted octanol–water partition coefficient (Wildman–Crippen LogP) is 5.61. The van der Waals surface area contributed by atoms with Gasteiger partial charge in [0.25, 0.3) is 0 Å². The normalized spacial score (nSPS) is 10.2. The number of halogens is 3. The van der Waals surface area contributed by atoms with Gasteiger partial charge in [-0.15, -0.1) is 0 Å². The Kier molecular flexibility index (Phi) is 4.54. The first-order valence-electron chi connectivity index (χ1n) is 5.29. The van der Waals surface area contributed by atoms with Gasteiger partial charge in [0.2, 0.25) is 0 Å². The van der Waals surface area contributed by atoms with Gasteiger partial charge in [-0.1, -0.05) is 27.5 Å². The van der Waals surface area contributed by atoms with E-state index in [1.165, 1.54) is 0 Å². The minimum Gasteiger partial charge on any atom is -0.301 e. The molecule has 0 fully saturated rings. The average molecular weight is 391 g/mol. The third-order valence-electron chi connectivity index (χ3n) is 2.45. The lowest BCUT2D eigenvalue weighted by atomic mass is 10.2. The van der Waals surface area contributed by atoms with E-state index in [4.69, 9.17) is 11.6 Å². The number of hydrogen-bond donors (Lipinski definition) is 2. The number of aryl methyl sites for hydroxylation is 1. The maximum absolute atomic E-state index is 5.92. The van der Waals surface area contributed by atoms with Crippen molar-refractivity contribution in [2.24, 2.45) is 0 Å². The molecule has 0 aliphatic rings. The van der Waals surface area contributed by atoms with Crippen molar-refractivity contribution in [2.75, 3.05) is 10.9 Å². The smallest absolute Gasteiger partial charge is 0.0682 e. The first-order valence-corrected chi connectivity index (χ1v) is 7.26. The Hall–Kier alpha value is -0.710. The Bertz CT molecular complexity index is 521. The predicted molar refractivity (Wildman–Crippen MR) is 85.3 cm³/mol. The molecular formula is C13H11Br2ClN2. The van der Waals surface area contributed by atoms with E-state index in [2.05, 4.69) is 42.7 Å². The maximum Gasteiger partial charge on any atom is 0.0682 e. The zero-order valence-corrected chi connectivity index (χ0v) is 13.5.